The first-order valence-corrected chi connectivity index (χ1v) is 5.69. The number of hydrazine groups is 1. The number of rotatable bonds is 4. The molecular weight excluding hydrogens is 270 g/mol. The summed E-state index contributed by atoms with van der Waals surface area (Å²) in [6.45, 7) is 0. The lowest BCUT2D eigenvalue weighted by atomic mass is 10.1. The SMILES string of the molecule is NNC(Cc1ccc(Br)cn1)c1ccco1. The Balaban J connectivity index is 2.10. The maximum Gasteiger partial charge on any atom is 0.122 e. The Bertz CT molecular complexity index is 427. The van der Waals surface area contributed by atoms with Crippen molar-refractivity contribution in [1.29, 1.82) is 0 Å². The Morgan fingerprint density at radius 2 is 2.31 bits per heavy atom. The molecule has 0 aliphatic rings. The monoisotopic (exact) mass is 281 g/mol. The first kappa shape index (κ1) is 11.3. The van der Waals surface area contributed by atoms with Gasteiger partial charge in [-0.1, -0.05) is 0 Å². The summed E-state index contributed by atoms with van der Waals surface area (Å²) in [5.41, 5.74) is 3.68. The summed E-state index contributed by atoms with van der Waals surface area (Å²) in [6.07, 6.45) is 4.09. The number of hydrogen-bond donors (Lipinski definition) is 2. The van der Waals surface area contributed by atoms with Gasteiger partial charge in [-0.2, -0.15) is 0 Å². The molecule has 0 aliphatic carbocycles. The molecule has 5 heteroatoms. The van der Waals surface area contributed by atoms with Crippen LogP contribution >= 0.6 is 15.9 Å². The average Bonchev–Trinajstić information content (AvgIpc) is 2.82. The Kier molecular flexibility index (Phi) is 3.71. The van der Waals surface area contributed by atoms with Crippen molar-refractivity contribution in [2.45, 2.75) is 12.5 Å². The number of halogens is 1. The van der Waals surface area contributed by atoms with Gasteiger partial charge in [0, 0.05) is 22.8 Å². The predicted octanol–water partition coefficient (Wildman–Crippen LogP) is 2.18. The zero-order valence-corrected chi connectivity index (χ0v) is 10.1. The third-order valence-electron chi connectivity index (χ3n) is 2.29. The van der Waals surface area contributed by atoms with Gasteiger partial charge in [-0.05, 0) is 40.2 Å². The van der Waals surface area contributed by atoms with Gasteiger partial charge in [0.1, 0.15) is 5.76 Å². The zero-order valence-electron chi connectivity index (χ0n) is 8.56. The Morgan fingerprint density at radius 1 is 1.44 bits per heavy atom. The van der Waals surface area contributed by atoms with Crippen LogP contribution < -0.4 is 11.3 Å². The predicted molar refractivity (Wildman–Crippen MR) is 64.4 cm³/mol. The van der Waals surface area contributed by atoms with E-state index in [1.165, 1.54) is 0 Å². The van der Waals surface area contributed by atoms with E-state index >= 15 is 0 Å². The molecule has 0 saturated heterocycles. The quantitative estimate of drug-likeness (QED) is 0.666. The Hall–Kier alpha value is -1.17. The van der Waals surface area contributed by atoms with Crippen LogP contribution in [0.25, 0.3) is 0 Å². The highest BCUT2D eigenvalue weighted by atomic mass is 79.9. The maximum atomic E-state index is 5.49. The molecule has 2 heterocycles. The summed E-state index contributed by atoms with van der Waals surface area (Å²) < 4.78 is 6.27. The smallest absolute Gasteiger partial charge is 0.122 e. The fraction of sp³-hybridized carbons (Fsp3) is 0.182. The van der Waals surface area contributed by atoms with Gasteiger partial charge >= 0.3 is 0 Å². The maximum absolute atomic E-state index is 5.49. The van der Waals surface area contributed by atoms with Crippen LogP contribution in [0, 0.1) is 0 Å². The highest BCUT2D eigenvalue weighted by Crippen LogP contribution is 2.17. The van der Waals surface area contributed by atoms with E-state index in [1.54, 1.807) is 12.5 Å². The number of nitrogens with one attached hydrogen (secondary N) is 1. The topological polar surface area (TPSA) is 64.1 Å². The molecule has 84 valence electrons. The van der Waals surface area contributed by atoms with Crippen LogP contribution in [-0.4, -0.2) is 4.98 Å². The lowest BCUT2D eigenvalue weighted by Crippen LogP contribution is -2.29. The van der Waals surface area contributed by atoms with Crippen LogP contribution in [0.3, 0.4) is 0 Å². The number of furan rings is 1. The van der Waals surface area contributed by atoms with Gasteiger partial charge in [-0.25, -0.2) is 5.43 Å². The third-order valence-corrected chi connectivity index (χ3v) is 2.76. The van der Waals surface area contributed by atoms with Crippen molar-refractivity contribution in [3.63, 3.8) is 0 Å². The summed E-state index contributed by atoms with van der Waals surface area (Å²) >= 11 is 3.35. The van der Waals surface area contributed by atoms with E-state index in [-0.39, 0.29) is 6.04 Å². The van der Waals surface area contributed by atoms with Crippen molar-refractivity contribution in [2.24, 2.45) is 5.84 Å². The second-order valence-corrected chi connectivity index (χ2v) is 4.32. The van der Waals surface area contributed by atoms with Crippen LogP contribution in [0.5, 0.6) is 0 Å². The van der Waals surface area contributed by atoms with Gasteiger partial charge in [0.2, 0.25) is 0 Å². The lowest BCUT2D eigenvalue weighted by molar-refractivity contribution is 0.414. The molecule has 0 fully saturated rings. The zero-order chi connectivity index (χ0) is 11.4. The molecule has 1 atom stereocenters. The second kappa shape index (κ2) is 5.25. The van der Waals surface area contributed by atoms with Crippen LogP contribution in [-0.2, 0) is 6.42 Å². The highest BCUT2D eigenvalue weighted by Gasteiger charge is 2.13. The van der Waals surface area contributed by atoms with Gasteiger partial charge < -0.3 is 4.42 Å². The molecule has 3 N–H and O–H groups in total. The summed E-state index contributed by atoms with van der Waals surface area (Å²) in [6, 6.07) is 7.59. The van der Waals surface area contributed by atoms with E-state index in [9.17, 15) is 0 Å². The van der Waals surface area contributed by atoms with E-state index in [0.717, 1.165) is 15.9 Å². The van der Waals surface area contributed by atoms with Gasteiger partial charge in [0.05, 0.1) is 12.3 Å². The minimum atomic E-state index is -0.0522. The number of hydrogen-bond acceptors (Lipinski definition) is 4. The van der Waals surface area contributed by atoms with E-state index in [0.29, 0.717) is 6.42 Å². The summed E-state index contributed by atoms with van der Waals surface area (Å²) in [5.74, 6) is 6.31. The molecule has 2 aromatic rings. The standard InChI is InChI=1S/C11H12BrN3O/c12-8-3-4-9(14-7-8)6-10(15-13)11-2-1-5-16-11/h1-5,7,10,15H,6,13H2. The molecule has 0 bridgehead atoms. The molecule has 16 heavy (non-hydrogen) atoms. The minimum absolute atomic E-state index is 0.0522. The highest BCUT2D eigenvalue weighted by molar-refractivity contribution is 9.10. The van der Waals surface area contributed by atoms with Crippen LogP contribution in [0.4, 0.5) is 0 Å². The number of nitrogens with two attached hydrogens (primary N) is 1. The van der Waals surface area contributed by atoms with Gasteiger partial charge in [-0.3, -0.25) is 10.8 Å². The molecule has 0 amide bonds. The van der Waals surface area contributed by atoms with Crippen molar-refractivity contribution >= 4 is 15.9 Å². The van der Waals surface area contributed by atoms with Gasteiger partial charge in [-0.15, -0.1) is 0 Å². The number of nitrogens with zero attached hydrogens (tertiary/aromatic N) is 1. The molecule has 0 saturated carbocycles. The first-order valence-electron chi connectivity index (χ1n) is 4.89. The second-order valence-electron chi connectivity index (χ2n) is 3.41. The third kappa shape index (κ3) is 2.69. The average molecular weight is 282 g/mol. The van der Waals surface area contributed by atoms with Crippen molar-refractivity contribution in [1.82, 2.24) is 10.4 Å². The van der Waals surface area contributed by atoms with Crippen molar-refractivity contribution in [3.8, 4) is 0 Å². The molecule has 4 nitrogen and oxygen atoms in total. The fourth-order valence-electron chi connectivity index (χ4n) is 1.47. The number of aromatic nitrogens is 1. The van der Waals surface area contributed by atoms with Crippen LogP contribution in [0.2, 0.25) is 0 Å². The molecule has 0 spiro atoms. The van der Waals surface area contributed by atoms with Crippen LogP contribution in [0.15, 0.2) is 45.6 Å². The lowest BCUT2D eigenvalue weighted by Gasteiger charge is -2.12. The van der Waals surface area contributed by atoms with Crippen molar-refractivity contribution in [2.75, 3.05) is 0 Å². The van der Waals surface area contributed by atoms with Gasteiger partial charge in [0.25, 0.3) is 0 Å². The normalized spacial score (nSPS) is 12.6. The molecule has 2 rings (SSSR count). The summed E-state index contributed by atoms with van der Waals surface area (Å²) in [5, 5.41) is 0. The van der Waals surface area contributed by atoms with Crippen molar-refractivity contribution in [3.05, 3.63) is 52.7 Å². The van der Waals surface area contributed by atoms with Crippen molar-refractivity contribution < 1.29 is 4.42 Å². The summed E-state index contributed by atoms with van der Waals surface area (Å²) in [4.78, 5) is 4.29. The molecular formula is C11H12BrN3O. The number of pyridine rings is 1. The molecule has 0 aliphatic heterocycles. The van der Waals surface area contributed by atoms with Gasteiger partial charge in [0.15, 0.2) is 0 Å². The Morgan fingerprint density at radius 3 is 2.88 bits per heavy atom. The molecule has 0 radical (unpaired) electrons. The van der Waals surface area contributed by atoms with E-state index in [4.69, 9.17) is 10.3 Å². The molecule has 2 aromatic heterocycles. The molecule has 0 aromatic carbocycles. The molecule has 1 unspecified atom stereocenters. The summed E-state index contributed by atoms with van der Waals surface area (Å²) in [7, 11) is 0. The van der Waals surface area contributed by atoms with Crippen LogP contribution in [0.1, 0.15) is 17.5 Å². The van der Waals surface area contributed by atoms with E-state index in [2.05, 4.69) is 26.3 Å². The Labute approximate surface area is 102 Å². The van der Waals surface area contributed by atoms with E-state index in [1.807, 2.05) is 24.3 Å². The first-order chi connectivity index (χ1) is 7.79. The van der Waals surface area contributed by atoms with E-state index < -0.39 is 0 Å². The largest absolute Gasteiger partial charge is 0.468 e. The minimum Gasteiger partial charge on any atom is -0.468 e. The fourth-order valence-corrected chi connectivity index (χ4v) is 1.70.